The van der Waals surface area contributed by atoms with Crippen LogP contribution in [0.5, 0.6) is 0 Å². The summed E-state index contributed by atoms with van der Waals surface area (Å²) in [6.45, 7) is 3.22. The minimum atomic E-state index is 0.640. The second-order valence-corrected chi connectivity index (χ2v) is 6.71. The first-order chi connectivity index (χ1) is 12.3. The van der Waals surface area contributed by atoms with Gasteiger partial charge in [-0.1, -0.05) is 6.07 Å². The molecule has 6 nitrogen and oxygen atoms in total. The number of nitrogens with zero attached hydrogens (tertiary/aromatic N) is 6. The molecule has 0 amide bonds. The molecule has 0 radical (unpaired) electrons. The molecule has 1 aliphatic heterocycles. The van der Waals surface area contributed by atoms with Gasteiger partial charge in [0.1, 0.15) is 12.0 Å². The van der Waals surface area contributed by atoms with Crippen LogP contribution in [0.4, 0.5) is 0 Å². The van der Waals surface area contributed by atoms with Crippen LogP contribution in [0.1, 0.15) is 17.7 Å². The molecule has 1 aliphatic rings. The van der Waals surface area contributed by atoms with Gasteiger partial charge >= 0.3 is 0 Å². The van der Waals surface area contributed by atoms with Gasteiger partial charge in [0.2, 0.25) is 0 Å². The molecule has 1 atom stereocenters. The fourth-order valence-electron chi connectivity index (χ4n) is 3.51. The smallest absolute Gasteiger partial charge is 0.158 e. The van der Waals surface area contributed by atoms with Gasteiger partial charge in [0.25, 0.3) is 0 Å². The average Bonchev–Trinajstić information content (AvgIpc) is 3.25. The van der Waals surface area contributed by atoms with Crippen molar-refractivity contribution in [2.75, 3.05) is 13.1 Å². The van der Waals surface area contributed by atoms with E-state index in [0.717, 1.165) is 43.3 Å². The van der Waals surface area contributed by atoms with Crippen LogP contribution < -0.4 is 0 Å². The Morgan fingerprint density at radius 1 is 1.20 bits per heavy atom. The highest BCUT2D eigenvalue weighted by Gasteiger charge is 2.23. The molecule has 3 aromatic rings. The van der Waals surface area contributed by atoms with E-state index >= 15 is 0 Å². The molecule has 0 saturated carbocycles. The molecule has 0 unspecified atom stereocenters. The summed E-state index contributed by atoms with van der Waals surface area (Å²) in [6.07, 6.45) is 11.4. The van der Waals surface area contributed by atoms with Crippen molar-refractivity contribution < 1.29 is 0 Å². The first-order valence-electron chi connectivity index (χ1n) is 8.68. The zero-order valence-corrected chi connectivity index (χ0v) is 14.4. The van der Waals surface area contributed by atoms with Crippen molar-refractivity contribution in [1.82, 2.24) is 29.4 Å². The standard InChI is InChI=1S/C19H22N6/c1-24-8-6-21-19(24)18-10-17(22-14-23-18)9-15-4-7-25(12-15)13-16-3-2-5-20-11-16/h2-3,5-6,8,10-11,14-15H,4,7,9,12-13H2,1H3/t15-/m0/s1. The first-order valence-corrected chi connectivity index (χ1v) is 8.68. The van der Waals surface area contributed by atoms with Crippen LogP contribution in [0.15, 0.2) is 49.3 Å². The third kappa shape index (κ3) is 3.74. The normalized spacial score (nSPS) is 17.9. The molecule has 3 aromatic heterocycles. The van der Waals surface area contributed by atoms with Crippen LogP contribution in [0, 0.1) is 5.92 Å². The number of aryl methyl sites for hydroxylation is 1. The van der Waals surface area contributed by atoms with E-state index in [1.54, 1.807) is 12.5 Å². The maximum absolute atomic E-state index is 4.47. The van der Waals surface area contributed by atoms with E-state index in [1.165, 1.54) is 12.0 Å². The number of rotatable bonds is 5. The lowest BCUT2D eigenvalue weighted by Gasteiger charge is -2.15. The van der Waals surface area contributed by atoms with Crippen molar-refractivity contribution >= 4 is 0 Å². The van der Waals surface area contributed by atoms with Crippen molar-refractivity contribution in [2.24, 2.45) is 13.0 Å². The number of hydrogen-bond acceptors (Lipinski definition) is 5. The lowest BCUT2D eigenvalue weighted by atomic mass is 10.0. The summed E-state index contributed by atoms with van der Waals surface area (Å²) in [5.41, 5.74) is 3.27. The van der Waals surface area contributed by atoms with Gasteiger partial charge < -0.3 is 4.57 Å². The molecule has 0 spiro atoms. The Morgan fingerprint density at radius 2 is 2.16 bits per heavy atom. The van der Waals surface area contributed by atoms with Crippen molar-refractivity contribution in [2.45, 2.75) is 19.4 Å². The molecule has 128 valence electrons. The Bertz CT molecular complexity index is 829. The lowest BCUT2D eigenvalue weighted by Crippen LogP contribution is -2.20. The zero-order valence-electron chi connectivity index (χ0n) is 14.4. The van der Waals surface area contributed by atoms with Crippen LogP contribution in [0.3, 0.4) is 0 Å². The van der Waals surface area contributed by atoms with E-state index in [4.69, 9.17) is 0 Å². The first kappa shape index (κ1) is 15.9. The van der Waals surface area contributed by atoms with Crippen molar-refractivity contribution in [3.63, 3.8) is 0 Å². The molecule has 0 bridgehead atoms. The molecule has 6 heteroatoms. The van der Waals surface area contributed by atoms with E-state index in [-0.39, 0.29) is 0 Å². The highest BCUT2D eigenvalue weighted by atomic mass is 15.1. The average molecular weight is 334 g/mol. The molecule has 25 heavy (non-hydrogen) atoms. The predicted molar refractivity (Wildman–Crippen MR) is 95.6 cm³/mol. The van der Waals surface area contributed by atoms with Crippen LogP contribution in [0.2, 0.25) is 0 Å². The number of hydrogen-bond donors (Lipinski definition) is 0. The van der Waals surface area contributed by atoms with Crippen LogP contribution in [0.25, 0.3) is 11.5 Å². The van der Waals surface area contributed by atoms with Gasteiger partial charge in [0, 0.05) is 50.6 Å². The molecule has 0 N–H and O–H groups in total. The zero-order chi connectivity index (χ0) is 17.1. The minimum absolute atomic E-state index is 0.640. The molecule has 4 heterocycles. The Kier molecular flexibility index (Phi) is 4.52. The minimum Gasteiger partial charge on any atom is -0.333 e. The van der Waals surface area contributed by atoms with E-state index in [2.05, 4.69) is 37.0 Å². The Labute approximate surface area is 147 Å². The van der Waals surface area contributed by atoms with Crippen LogP contribution in [-0.4, -0.2) is 42.5 Å². The Hall–Kier alpha value is -2.60. The van der Waals surface area contributed by atoms with Crippen molar-refractivity contribution in [3.8, 4) is 11.5 Å². The summed E-state index contributed by atoms with van der Waals surface area (Å²) in [5, 5.41) is 0. The second kappa shape index (κ2) is 7.11. The molecule has 4 rings (SSSR count). The molecular weight excluding hydrogens is 312 g/mol. The maximum atomic E-state index is 4.47. The predicted octanol–water partition coefficient (Wildman–Crippen LogP) is 2.34. The summed E-state index contributed by atoms with van der Waals surface area (Å²) >= 11 is 0. The highest BCUT2D eigenvalue weighted by molar-refractivity contribution is 5.49. The number of likely N-dealkylation sites (tertiary alicyclic amines) is 1. The fraction of sp³-hybridized carbons (Fsp3) is 0.368. The van der Waals surface area contributed by atoms with E-state index in [0.29, 0.717) is 5.92 Å². The summed E-state index contributed by atoms with van der Waals surface area (Å²) in [6, 6.07) is 6.22. The Balaban J connectivity index is 1.39. The molecule has 1 fully saturated rings. The number of aromatic nitrogens is 5. The van der Waals surface area contributed by atoms with Crippen molar-refractivity contribution in [3.05, 3.63) is 60.6 Å². The van der Waals surface area contributed by atoms with Gasteiger partial charge in [-0.25, -0.2) is 15.0 Å². The van der Waals surface area contributed by atoms with E-state index in [9.17, 15) is 0 Å². The molecule has 1 saturated heterocycles. The summed E-state index contributed by atoms with van der Waals surface area (Å²) in [7, 11) is 1.98. The number of imidazole rings is 1. The topological polar surface area (TPSA) is 59.7 Å². The van der Waals surface area contributed by atoms with Gasteiger partial charge in [-0.3, -0.25) is 9.88 Å². The third-order valence-electron chi connectivity index (χ3n) is 4.77. The van der Waals surface area contributed by atoms with Crippen LogP contribution >= 0.6 is 0 Å². The van der Waals surface area contributed by atoms with E-state index in [1.807, 2.05) is 36.3 Å². The van der Waals surface area contributed by atoms with Gasteiger partial charge in [-0.15, -0.1) is 0 Å². The maximum Gasteiger partial charge on any atom is 0.158 e. The van der Waals surface area contributed by atoms with Gasteiger partial charge in [0.15, 0.2) is 5.82 Å². The van der Waals surface area contributed by atoms with E-state index < -0.39 is 0 Å². The lowest BCUT2D eigenvalue weighted by molar-refractivity contribution is 0.315. The van der Waals surface area contributed by atoms with Crippen LogP contribution in [-0.2, 0) is 20.0 Å². The highest BCUT2D eigenvalue weighted by Crippen LogP contribution is 2.23. The molecule has 0 aliphatic carbocycles. The van der Waals surface area contributed by atoms with Gasteiger partial charge in [-0.2, -0.15) is 0 Å². The van der Waals surface area contributed by atoms with Gasteiger partial charge in [0.05, 0.1) is 0 Å². The molecular formula is C19H22N6. The number of pyridine rings is 1. The van der Waals surface area contributed by atoms with Gasteiger partial charge in [-0.05, 0) is 43.0 Å². The monoisotopic (exact) mass is 334 g/mol. The SMILES string of the molecule is Cn1ccnc1-c1cc(C[C@@H]2CCN(Cc3cccnc3)C2)ncn1. The summed E-state index contributed by atoms with van der Waals surface area (Å²) in [4.78, 5) is 19.9. The second-order valence-electron chi connectivity index (χ2n) is 6.71. The fourth-order valence-corrected chi connectivity index (χ4v) is 3.51. The Morgan fingerprint density at radius 3 is 2.96 bits per heavy atom. The molecule has 0 aromatic carbocycles. The van der Waals surface area contributed by atoms with Crippen molar-refractivity contribution in [1.29, 1.82) is 0 Å². The third-order valence-corrected chi connectivity index (χ3v) is 4.77. The largest absolute Gasteiger partial charge is 0.333 e. The summed E-state index contributed by atoms with van der Waals surface area (Å²) in [5.74, 6) is 1.52. The summed E-state index contributed by atoms with van der Waals surface area (Å²) < 4.78 is 1.98. The quantitative estimate of drug-likeness (QED) is 0.717.